The van der Waals surface area contributed by atoms with Gasteiger partial charge in [-0.2, -0.15) is 0 Å². The summed E-state index contributed by atoms with van der Waals surface area (Å²) >= 11 is 0. The zero-order chi connectivity index (χ0) is 8.81. The van der Waals surface area contributed by atoms with Crippen LogP contribution in [0.25, 0.3) is 0 Å². The van der Waals surface area contributed by atoms with Gasteiger partial charge in [0, 0.05) is 19.0 Å². The van der Waals surface area contributed by atoms with Gasteiger partial charge in [-0.05, 0) is 13.0 Å². The summed E-state index contributed by atoms with van der Waals surface area (Å²) in [4.78, 5) is 10.8. The molecule has 1 unspecified atom stereocenters. The predicted octanol–water partition coefficient (Wildman–Crippen LogP) is 0.655. The van der Waals surface area contributed by atoms with Crippen LogP contribution < -0.4 is 10.6 Å². The molecule has 3 heteroatoms. The third kappa shape index (κ3) is 3.22. The van der Waals surface area contributed by atoms with Crippen LogP contribution >= 0.6 is 0 Å². The largest absolute Gasteiger partial charge is 0.354 e. The Morgan fingerprint density at radius 1 is 1.58 bits per heavy atom. The average molecular weight is 170 g/mol. The Kier molecular flexibility index (Phi) is 4.08. The van der Waals surface area contributed by atoms with Crippen LogP contribution in [-0.2, 0) is 4.79 Å². The smallest absolute Gasteiger partial charge is 0.221 e. The van der Waals surface area contributed by atoms with Gasteiger partial charge in [0.25, 0.3) is 0 Å². The van der Waals surface area contributed by atoms with E-state index in [0.29, 0.717) is 12.5 Å². The molecular formula is C9H18N2O. The second-order valence-corrected chi connectivity index (χ2v) is 3.37. The minimum absolute atomic E-state index is 0.183. The van der Waals surface area contributed by atoms with Crippen molar-refractivity contribution in [3.8, 4) is 0 Å². The number of hydrogen-bond acceptors (Lipinski definition) is 2. The molecular weight excluding hydrogens is 152 g/mol. The normalized spacial score (nSPS) is 22.8. The fourth-order valence-electron chi connectivity index (χ4n) is 1.43. The molecule has 1 amide bonds. The second-order valence-electron chi connectivity index (χ2n) is 3.37. The van der Waals surface area contributed by atoms with Crippen molar-refractivity contribution in [2.24, 2.45) is 0 Å². The molecule has 2 N–H and O–H groups in total. The predicted molar refractivity (Wildman–Crippen MR) is 48.9 cm³/mol. The molecule has 1 aliphatic heterocycles. The summed E-state index contributed by atoms with van der Waals surface area (Å²) in [7, 11) is 0. The summed E-state index contributed by atoms with van der Waals surface area (Å²) in [5, 5.41) is 6.17. The number of hydrogen-bond donors (Lipinski definition) is 2. The molecule has 3 nitrogen and oxygen atoms in total. The molecule has 0 bridgehead atoms. The van der Waals surface area contributed by atoms with Crippen molar-refractivity contribution in [2.45, 2.75) is 38.6 Å². The maximum atomic E-state index is 10.8. The van der Waals surface area contributed by atoms with Crippen molar-refractivity contribution in [1.82, 2.24) is 10.6 Å². The number of unbranched alkanes of at least 4 members (excludes halogenated alkanes) is 2. The van der Waals surface area contributed by atoms with Gasteiger partial charge in [-0.15, -0.1) is 0 Å². The molecule has 0 saturated carbocycles. The molecule has 1 heterocycles. The molecule has 70 valence electrons. The van der Waals surface area contributed by atoms with Gasteiger partial charge in [-0.1, -0.05) is 19.8 Å². The lowest BCUT2D eigenvalue weighted by atomic mass is 10.2. The van der Waals surface area contributed by atoms with Crippen LogP contribution in [0.1, 0.15) is 32.6 Å². The van der Waals surface area contributed by atoms with Crippen LogP contribution in [0, 0.1) is 0 Å². The summed E-state index contributed by atoms with van der Waals surface area (Å²) in [6.07, 6.45) is 4.41. The van der Waals surface area contributed by atoms with E-state index in [0.717, 1.165) is 13.1 Å². The Bertz CT molecular complexity index is 147. The van der Waals surface area contributed by atoms with Gasteiger partial charge in [0.2, 0.25) is 5.91 Å². The van der Waals surface area contributed by atoms with Gasteiger partial charge in [0.05, 0.1) is 0 Å². The SMILES string of the molecule is CCCCCNC1CNC(=O)C1. The van der Waals surface area contributed by atoms with Gasteiger partial charge in [0.15, 0.2) is 0 Å². The summed E-state index contributed by atoms with van der Waals surface area (Å²) in [5.74, 6) is 0.183. The molecule has 1 fully saturated rings. The summed E-state index contributed by atoms with van der Waals surface area (Å²) in [5.41, 5.74) is 0. The molecule has 0 spiro atoms. The van der Waals surface area contributed by atoms with E-state index in [1.165, 1.54) is 19.3 Å². The maximum Gasteiger partial charge on any atom is 0.221 e. The minimum atomic E-state index is 0.183. The van der Waals surface area contributed by atoms with E-state index >= 15 is 0 Å². The van der Waals surface area contributed by atoms with E-state index < -0.39 is 0 Å². The zero-order valence-corrected chi connectivity index (χ0v) is 7.73. The maximum absolute atomic E-state index is 10.8. The summed E-state index contributed by atoms with van der Waals surface area (Å²) in [6.45, 7) is 4.05. The van der Waals surface area contributed by atoms with E-state index in [9.17, 15) is 4.79 Å². The summed E-state index contributed by atoms with van der Waals surface area (Å²) < 4.78 is 0. The molecule has 12 heavy (non-hydrogen) atoms. The molecule has 0 aliphatic carbocycles. The molecule has 1 aliphatic rings. The first kappa shape index (κ1) is 9.52. The first-order valence-corrected chi connectivity index (χ1v) is 4.83. The Balaban J connectivity index is 1.97. The van der Waals surface area contributed by atoms with Crippen LogP contribution in [0.4, 0.5) is 0 Å². The number of rotatable bonds is 5. The third-order valence-electron chi connectivity index (χ3n) is 2.19. The molecule has 1 rings (SSSR count). The molecule has 1 atom stereocenters. The van der Waals surface area contributed by atoms with Crippen molar-refractivity contribution in [3.63, 3.8) is 0 Å². The van der Waals surface area contributed by atoms with E-state index in [4.69, 9.17) is 0 Å². The van der Waals surface area contributed by atoms with E-state index in [2.05, 4.69) is 17.6 Å². The van der Waals surface area contributed by atoms with Gasteiger partial charge >= 0.3 is 0 Å². The van der Waals surface area contributed by atoms with Crippen molar-refractivity contribution in [2.75, 3.05) is 13.1 Å². The van der Waals surface area contributed by atoms with Crippen LogP contribution in [0.2, 0.25) is 0 Å². The highest BCUT2D eigenvalue weighted by Crippen LogP contribution is 1.99. The molecule has 0 aromatic rings. The average Bonchev–Trinajstić information content (AvgIpc) is 2.45. The lowest BCUT2D eigenvalue weighted by molar-refractivity contribution is -0.119. The first-order chi connectivity index (χ1) is 5.83. The van der Waals surface area contributed by atoms with Crippen molar-refractivity contribution < 1.29 is 4.79 Å². The lowest BCUT2D eigenvalue weighted by Crippen LogP contribution is -2.31. The number of carbonyl (C=O) groups is 1. The van der Waals surface area contributed by atoms with Crippen LogP contribution in [-0.4, -0.2) is 25.0 Å². The Hall–Kier alpha value is -0.570. The standard InChI is InChI=1S/C9H18N2O/c1-2-3-4-5-10-8-6-9(12)11-7-8/h8,10H,2-7H2,1H3,(H,11,12). The van der Waals surface area contributed by atoms with Crippen LogP contribution in [0.5, 0.6) is 0 Å². The van der Waals surface area contributed by atoms with Gasteiger partial charge < -0.3 is 10.6 Å². The van der Waals surface area contributed by atoms with Gasteiger partial charge in [-0.3, -0.25) is 4.79 Å². The van der Waals surface area contributed by atoms with Crippen LogP contribution in [0.3, 0.4) is 0 Å². The molecule has 0 aromatic heterocycles. The number of nitrogens with one attached hydrogen (secondary N) is 2. The number of carbonyl (C=O) groups excluding carboxylic acids is 1. The Morgan fingerprint density at radius 2 is 2.42 bits per heavy atom. The monoisotopic (exact) mass is 170 g/mol. The Labute approximate surface area is 73.9 Å². The molecule has 0 aromatic carbocycles. The fraction of sp³-hybridized carbons (Fsp3) is 0.889. The summed E-state index contributed by atoms with van der Waals surface area (Å²) in [6, 6.07) is 0.384. The lowest BCUT2D eigenvalue weighted by Gasteiger charge is -2.08. The number of amides is 1. The van der Waals surface area contributed by atoms with Gasteiger partial charge in [-0.25, -0.2) is 0 Å². The Morgan fingerprint density at radius 3 is 3.00 bits per heavy atom. The minimum Gasteiger partial charge on any atom is -0.354 e. The van der Waals surface area contributed by atoms with Crippen molar-refractivity contribution >= 4 is 5.91 Å². The van der Waals surface area contributed by atoms with Crippen LogP contribution in [0.15, 0.2) is 0 Å². The quantitative estimate of drug-likeness (QED) is 0.595. The highest BCUT2D eigenvalue weighted by Gasteiger charge is 2.19. The van der Waals surface area contributed by atoms with Gasteiger partial charge in [0.1, 0.15) is 0 Å². The zero-order valence-electron chi connectivity index (χ0n) is 7.73. The molecule has 0 radical (unpaired) electrons. The highest BCUT2D eigenvalue weighted by molar-refractivity contribution is 5.78. The van der Waals surface area contributed by atoms with Crippen molar-refractivity contribution in [1.29, 1.82) is 0 Å². The highest BCUT2D eigenvalue weighted by atomic mass is 16.1. The topological polar surface area (TPSA) is 41.1 Å². The third-order valence-corrected chi connectivity index (χ3v) is 2.19. The fourth-order valence-corrected chi connectivity index (χ4v) is 1.43. The second kappa shape index (κ2) is 5.14. The first-order valence-electron chi connectivity index (χ1n) is 4.83. The molecule has 1 saturated heterocycles. The van der Waals surface area contributed by atoms with Crippen molar-refractivity contribution in [3.05, 3.63) is 0 Å². The van der Waals surface area contributed by atoms with E-state index in [1.54, 1.807) is 0 Å². The van der Waals surface area contributed by atoms with E-state index in [1.807, 2.05) is 0 Å². The van der Waals surface area contributed by atoms with E-state index in [-0.39, 0.29) is 5.91 Å².